The van der Waals surface area contributed by atoms with Gasteiger partial charge in [-0.25, -0.2) is 0 Å². The highest BCUT2D eigenvalue weighted by Crippen LogP contribution is 2.17. The van der Waals surface area contributed by atoms with Crippen molar-refractivity contribution in [3.63, 3.8) is 0 Å². The minimum absolute atomic E-state index is 0.549. The molecule has 0 aromatic carbocycles. The summed E-state index contributed by atoms with van der Waals surface area (Å²) in [6.45, 7) is 5.27. The molecule has 1 rings (SSSR count). The second-order valence-corrected chi connectivity index (χ2v) is 4.55. The molecule has 0 bridgehead atoms. The molecule has 1 aromatic rings. The fourth-order valence-corrected chi connectivity index (χ4v) is 1.82. The van der Waals surface area contributed by atoms with E-state index in [1.807, 2.05) is 12.1 Å². The largest absolute Gasteiger partial charge is 0.299 e. The van der Waals surface area contributed by atoms with Gasteiger partial charge in [0.05, 0.1) is 0 Å². The normalized spacial score (nSPS) is 10.8. The second kappa shape index (κ2) is 4.40. The van der Waals surface area contributed by atoms with Crippen LogP contribution < -0.4 is 0 Å². The Balaban J connectivity index is 2.60. The molecule has 1 aromatic heterocycles. The van der Waals surface area contributed by atoms with Gasteiger partial charge < -0.3 is 0 Å². The van der Waals surface area contributed by atoms with Crippen LogP contribution >= 0.6 is 11.3 Å². The number of thiophene rings is 1. The van der Waals surface area contributed by atoms with Crippen molar-refractivity contribution < 1.29 is 0 Å². The van der Waals surface area contributed by atoms with Gasteiger partial charge in [0.1, 0.15) is 10.9 Å². The lowest BCUT2D eigenvalue weighted by Crippen LogP contribution is -2.24. The van der Waals surface area contributed by atoms with E-state index in [4.69, 9.17) is 5.26 Å². The van der Waals surface area contributed by atoms with Gasteiger partial charge in [0.25, 0.3) is 0 Å². The van der Waals surface area contributed by atoms with Crippen LogP contribution in [0.2, 0.25) is 0 Å². The molecule has 0 unspecified atom stereocenters. The van der Waals surface area contributed by atoms with Gasteiger partial charge in [0, 0.05) is 17.5 Å². The first kappa shape index (κ1) is 10.2. The molecule has 13 heavy (non-hydrogen) atoms. The van der Waals surface area contributed by atoms with Gasteiger partial charge in [-0.1, -0.05) is 0 Å². The maximum Gasteiger partial charge on any atom is 0.110 e. The minimum Gasteiger partial charge on any atom is -0.299 e. The summed E-state index contributed by atoms with van der Waals surface area (Å²) in [6.07, 6.45) is 0. The first-order chi connectivity index (χ1) is 6.13. The molecule has 0 fully saturated rings. The Labute approximate surface area is 83.4 Å². The molecular weight excluding hydrogens is 180 g/mol. The Hall–Kier alpha value is -0.850. The highest BCUT2D eigenvalue weighted by atomic mass is 32.1. The zero-order valence-corrected chi connectivity index (χ0v) is 9.06. The second-order valence-electron chi connectivity index (χ2n) is 3.39. The van der Waals surface area contributed by atoms with E-state index in [9.17, 15) is 0 Å². The lowest BCUT2D eigenvalue weighted by Gasteiger charge is -2.19. The Morgan fingerprint density at radius 3 is 2.69 bits per heavy atom. The molecule has 0 atom stereocenters. The molecule has 0 aliphatic rings. The molecule has 1 heterocycles. The zero-order chi connectivity index (χ0) is 9.84. The van der Waals surface area contributed by atoms with Crippen molar-refractivity contribution >= 4 is 11.3 Å². The van der Waals surface area contributed by atoms with Crippen LogP contribution in [0.1, 0.15) is 23.6 Å². The van der Waals surface area contributed by atoms with E-state index in [0.717, 1.165) is 11.4 Å². The first-order valence-corrected chi connectivity index (χ1v) is 5.14. The molecule has 0 aliphatic heterocycles. The summed E-state index contributed by atoms with van der Waals surface area (Å²) in [5, 5.41) is 8.64. The Morgan fingerprint density at radius 1 is 1.54 bits per heavy atom. The van der Waals surface area contributed by atoms with Gasteiger partial charge in [-0.3, -0.25) is 4.90 Å². The number of hydrogen-bond acceptors (Lipinski definition) is 3. The fourth-order valence-electron chi connectivity index (χ4n) is 0.951. The van der Waals surface area contributed by atoms with Crippen molar-refractivity contribution in [1.82, 2.24) is 4.90 Å². The van der Waals surface area contributed by atoms with E-state index in [1.54, 1.807) is 11.3 Å². The van der Waals surface area contributed by atoms with E-state index < -0.39 is 0 Å². The summed E-state index contributed by atoms with van der Waals surface area (Å²) >= 11 is 1.58. The quantitative estimate of drug-likeness (QED) is 0.739. The summed E-state index contributed by atoms with van der Waals surface area (Å²) in [4.78, 5) is 4.31. The third kappa shape index (κ3) is 2.83. The van der Waals surface area contributed by atoms with Gasteiger partial charge >= 0.3 is 0 Å². The standard InChI is InChI=1S/C10H14N2S/c1-8(2)12(3)7-10-5-4-9(6-11)13-10/h4-5,8H,7H2,1-3H3. The van der Waals surface area contributed by atoms with E-state index in [-0.39, 0.29) is 0 Å². The summed E-state index contributed by atoms with van der Waals surface area (Å²) < 4.78 is 0. The van der Waals surface area contributed by atoms with E-state index in [1.165, 1.54) is 4.88 Å². The average Bonchev–Trinajstić information content (AvgIpc) is 2.52. The molecule has 0 amide bonds. The average molecular weight is 194 g/mol. The van der Waals surface area contributed by atoms with Crippen molar-refractivity contribution in [3.8, 4) is 6.07 Å². The van der Waals surface area contributed by atoms with E-state index in [2.05, 4.69) is 31.9 Å². The summed E-state index contributed by atoms with van der Waals surface area (Å²) in [6, 6.07) is 6.61. The van der Waals surface area contributed by atoms with Crippen molar-refractivity contribution in [2.24, 2.45) is 0 Å². The lowest BCUT2D eigenvalue weighted by atomic mass is 10.3. The predicted molar refractivity (Wildman–Crippen MR) is 55.6 cm³/mol. The lowest BCUT2D eigenvalue weighted by molar-refractivity contribution is 0.268. The molecule has 70 valence electrons. The third-order valence-corrected chi connectivity index (χ3v) is 3.03. The van der Waals surface area contributed by atoms with Gasteiger partial charge in [0.15, 0.2) is 0 Å². The number of nitriles is 1. The van der Waals surface area contributed by atoms with Crippen molar-refractivity contribution in [2.45, 2.75) is 26.4 Å². The van der Waals surface area contributed by atoms with Crippen LogP contribution in [0.15, 0.2) is 12.1 Å². The van der Waals surface area contributed by atoms with Crippen LogP contribution in [0.5, 0.6) is 0 Å². The molecule has 0 aliphatic carbocycles. The van der Waals surface area contributed by atoms with Gasteiger partial charge in [0.2, 0.25) is 0 Å². The highest BCUT2D eigenvalue weighted by molar-refractivity contribution is 7.12. The minimum atomic E-state index is 0.549. The van der Waals surface area contributed by atoms with Gasteiger partial charge in [-0.2, -0.15) is 5.26 Å². The van der Waals surface area contributed by atoms with Crippen LogP contribution in [-0.4, -0.2) is 18.0 Å². The van der Waals surface area contributed by atoms with Crippen LogP contribution in [-0.2, 0) is 6.54 Å². The molecule has 0 spiro atoms. The van der Waals surface area contributed by atoms with Crippen molar-refractivity contribution in [3.05, 3.63) is 21.9 Å². The fraction of sp³-hybridized carbons (Fsp3) is 0.500. The number of rotatable bonds is 3. The Bertz CT molecular complexity index is 309. The zero-order valence-electron chi connectivity index (χ0n) is 8.24. The maximum absolute atomic E-state index is 8.64. The maximum atomic E-state index is 8.64. The van der Waals surface area contributed by atoms with E-state index in [0.29, 0.717) is 6.04 Å². The molecular formula is C10H14N2S. The molecule has 0 saturated carbocycles. The molecule has 2 nitrogen and oxygen atoms in total. The smallest absolute Gasteiger partial charge is 0.110 e. The molecule has 0 radical (unpaired) electrons. The van der Waals surface area contributed by atoms with Crippen LogP contribution in [0.4, 0.5) is 0 Å². The third-order valence-electron chi connectivity index (χ3n) is 2.06. The van der Waals surface area contributed by atoms with Crippen LogP contribution in [0, 0.1) is 11.3 Å². The number of nitrogens with zero attached hydrogens (tertiary/aromatic N) is 2. The van der Waals surface area contributed by atoms with Gasteiger partial charge in [-0.15, -0.1) is 11.3 Å². The molecule has 3 heteroatoms. The van der Waals surface area contributed by atoms with Crippen molar-refractivity contribution in [1.29, 1.82) is 5.26 Å². The summed E-state index contributed by atoms with van der Waals surface area (Å²) in [5.41, 5.74) is 0. The summed E-state index contributed by atoms with van der Waals surface area (Å²) in [5.74, 6) is 0. The monoisotopic (exact) mass is 194 g/mol. The van der Waals surface area contributed by atoms with Crippen LogP contribution in [0.25, 0.3) is 0 Å². The van der Waals surface area contributed by atoms with Crippen LogP contribution in [0.3, 0.4) is 0 Å². The number of hydrogen-bond donors (Lipinski definition) is 0. The SMILES string of the molecule is CC(C)N(C)Cc1ccc(C#N)s1. The van der Waals surface area contributed by atoms with E-state index >= 15 is 0 Å². The van der Waals surface area contributed by atoms with Crippen molar-refractivity contribution in [2.75, 3.05) is 7.05 Å². The molecule has 0 N–H and O–H groups in total. The predicted octanol–water partition coefficient (Wildman–Crippen LogP) is 2.46. The first-order valence-electron chi connectivity index (χ1n) is 4.32. The summed E-state index contributed by atoms with van der Waals surface area (Å²) in [7, 11) is 2.09. The topological polar surface area (TPSA) is 27.0 Å². The van der Waals surface area contributed by atoms with Gasteiger partial charge in [-0.05, 0) is 33.0 Å². The Kier molecular flexibility index (Phi) is 3.47. The Morgan fingerprint density at radius 2 is 2.23 bits per heavy atom. The highest BCUT2D eigenvalue weighted by Gasteiger charge is 2.05. The molecule has 0 saturated heterocycles.